The van der Waals surface area contributed by atoms with Crippen LogP contribution in [0.3, 0.4) is 0 Å². The average Bonchev–Trinajstić information content (AvgIpc) is 3.73. The van der Waals surface area contributed by atoms with Gasteiger partial charge in [0, 0.05) is 77.5 Å². The zero-order valence-corrected chi connectivity index (χ0v) is 32.6. The molecule has 296 valence electrons. The first kappa shape index (κ1) is 42.4. The minimum absolute atomic E-state index is 0.0419. The van der Waals surface area contributed by atoms with Gasteiger partial charge in [0.05, 0.1) is 37.4 Å². The summed E-state index contributed by atoms with van der Waals surface area (Å²) in [7, 11) is -9.03. The van der Waals surface area contributed by atoms with Gasteiger partial charge in [0.15, 0.2) is 0 Å². The van der Waals surface area contributed by atoms with Gasteiger partial charge in [-0.25, -0.2) is 16.8 Å². The van der Waals surface area contributed by atoms with Crippen molar-refractivity contribution in [2.24, 2.45) is 0 Å². The molecule has 2 aromatic heterocycles. The van der Waals surface area contributed by atoms with Crippen LogP contribution in [0.1, 0.15) is 71.7 Å². The number of allylic oxidation sites excluding steroid dienone is 2. The van der Waals surface area contributed by atoms with Crippen LogP contribution in [0.15, 0.2) is 59.0 Å². The summed E-state index contributed by atoms with van der Waals surface area (Å²) in [6, 6.07) is 0. The van der Waals surface area contributed by atoms with Crippen LogP contribution < -0.4 is 21.3 Å². The SMILES string of the molecule is C=CC1=C(C)C(=Cc2[nH]c(Cc3[nH]c(C=C4NC(=O)C(C)=C4C=C)c(C)c3CCC(=O)NCCS(=O)(=O)[O-])c(CCC(=O)NCCS(=O)(=O)[O-])c2C)NC1=O. The normalized spacial score (nSPS) is 16.3. The molecule has 0 saturated carbocycles. The van der Waals surface area contributed by atoms with Crippen molar-refractivity contribution in [2.75, 3.05) is 24.6 Å². The summed E-state index contributed by atoms with van der Waals surface area (Å²) in [5, 5.41) is 10.6. The summed E-state index contributed by atoms with van der Waals surface area (Å²) in [5.74, 6) is -2.98. The van der Waals surface area contributed by atoms with Crippen LogP contribution in [0.2, 0.25) is 0 Å². The number of aromatic nitrogens is 2. The highest BCUT2D eigenvalue weighted by Crippen LogP contribution is 2.31. The molecular formula is C37H44N6O10S2-2. The Morgan fingerprint density at radius 2 is 1.11 bits per heavy atom. The molecule has 0 saturated heterocycles. The molecule has 0 aromatic carbocycles. The van der Waals surface area contributed by atoms with Gasteiger partial charge in [-0.1, -0.05) is 25.3 Å². The van der Waals surface area contributed by atoms with Crippen molar-refractivity contribution in [1.29, 1.82) is 0 Å². The Labute approximate surface area is 319 Å². The van der Waals surface area contributed by atoms with Crippen molar-refractivity contribution in [2.45, 2.75) is 59.8 Å². The van der Waals surface area contributed by atoms with Crippen LogP contribution in [0.4, 0.5) is 0 Å². The number of aromatic amines is 2. The van der Waals surface area contributed by atoms with Gasteiger partial charge in [-0.3, -0.25) is 19.2 Å². The molecule has 55 heavy (non-hydrogen) atoms. The van der Waals surface area contributed by atoms with E-state index in [9.17, 15) is 45.1 Å². The highest BCUT2D eigenvalue weighted by molar-refractivity contribution is 7.85. The second-order valence-corrected chi connectivity index (χ2v) is 16.2. The molecule has 18 heteroatoms. The number of H-pyrrole nitrogens is 2. The van der Waals surface area contributed by atoms with Crippen LogP contribution in [0.5, 0.6) is 0 Å². The van der Waals surface area contributed by atoms with E-state index in [0.717, 1.165) is 22.3 Å². The molecule has 4 amide bonds. The minimum atomic E-state index is -4.52. The third-order valence-corrected chi connectivity index (χ3v) is 10.9. The van der Waals surface area contributed by atoms with Crippen molar-refractivity contribution in [1.82, 2.24) is 31.2 Å². The van der Waals surface area contributed by atoms with Crippen molar-refractivity contribution >= 4 is 56.0 Å². The number of carbonyl (C=O) groups excluding carboxylic acids is 4. The Hall–Kier alpha value is -5.30. The highest BCUT2D eigenvalue weighted by atomic mass is 32.2. The van der Waals surface area contributed by atoms with Gasteiger partial charge >= 0.3 is 0 Å². The first-order valence-electron chi connectivity index (χ1n) is 17.3. The van der Waals surface area contributed by atoms with Crippen LogP contribution in [-0.2, 0) is 58.7 Å². The van der Waals surface area contributed by atoms with E-state index in [-0.39, 0.29) is 57.0 Å². The van der Waals surface area contributed by atoms with E-state index in [1.807, 2.05) is 13.8 Å². The maximum Gasteiger partial charge on any atom is 0.255 e. The van der Waals surface area contributed by atoms with E-state index in [0.29, 0.717) is 56.5 Å². The van der Waals surface area contributed by atoms with Gasteiger partial charge in [-0.2, -0.15) is 0 Å². The van der Waals surface area contributed by atoms with E-state index in [4.69, 9.17) is 0 Å². The summed E-state index contributed by atoms with van der Waals surface area (Å²) in [6.45, 7) is 14.1. The lowest BCUT2D eigenvalue weighted by Gasteiger charge is -2.10. The number of hydrogen-bond acceptors (Lipinski definition) is 10. The summed E-state index contributed by atoms with van der Waals surface area (Å²) in [4.78, 5) is 57.3. The second-order valence-electron chi connectivity index (χ2n) is 13.2. The topological polar surface area (TPSA) is 262 Å². The van der Waals surface area contributed by atoms with E-state index in [1.54, 1.807) is 32.1 Å². The molecule has 2 aromatic rings. The van der Waals surface area contributed by atoms with E-state index >= 15 is 0 Å². The molecule has 0 spiro atoms. The summed E-state index contributed by atoms with van der Waals surface area (Å²) >= 11 is 0. The molecule has 2 aliphatic rings. The Morgan fingerprint density at radius 3 is 1.53 bits per heavy atom. The van der Waals surface area contributed by atoms with Gasteiger partial charge in [0.1, 0.15) is 0 Å². The minimum Gasteiger partial charge on any atom is -0.748 e. The lowest BCUT2D eigenvalue weighted by atomic mass is 9.98. The molecule has 16 nitrogen and oxygen atoms in total. The van der Waals surface area contributed by atoms with Crippen molar-refractivity contribution in [3.63, 3.8) is 0 Å². The fourth-order valence-electron chi connectivity index (χ4n) is 6.43. The largest absolute Gasteiger partial charge is 0.748 e. The third kappa shape index (κ3) is 10.9. The Bertz CT molecular complexity index is 2300. The predicted octanol–water partition coefficient (Wildman–Crippen LogP) is 1.68. The smallest absolute Gasteiger partial charge is 0.255 e. The number of hydrogen-bond donors (Lipinski definition) is 6. The van der Waals surface area contributed by atoms with Gasteiger partial charge in [-0.05, 0) is 80.5 Å². The molecular weight excluding hydrogens is 753 g/mol. The van der Waals surface area contributed by atoms with Crippen molar-refractivity contribution in [3.8, 4) is 0 Å². The van der Waals surface area contributed by atoms with Crippen LogP contribution in [0, 0.1) is 13.8 Å². The fourth-order valence-corrected chi connectivity index (χ4v) is 7.14. The lowest BCUT2D eigenvalue weighted by molar-refractivity contribution is -0.121. The summed E-state index contributed by atoms with van der Waals surface area (Å²) in [5.41, 5.74) is 9.07. The zero-order chi connectivity index (χ0) is 40.8. The third-order valence-electron chi connectivity index (χ3n) is 9.49. The Kier molecular flexibility index (Phi) is 13.5. The Balaban J connectivity index is 1.75. The van der Waals surface area contributed by atoms with Crippen molar-refractivity contribution < 1.29 is 45.1 Å². The average molecular weight is 797 g/mol. The number of nitrogens with one attached hydrogen (secondary N) is 6. The van der Waals surface area contributed by atoms with Crippen LogP contribution >= 0.6 is 0 Å². The Morgan fingerprint density at radius 1 is 0.673 bits per heavy atom. The molecule has 4 rings (SSSR count). The maximum atomic E-state index is 12.7. The first-order valence-corrected chi connectivity index (χ1v) is 20.4. The van der Waals surface area contributed by atoms with Gasteiger partial charge in [0.2, 0.25) is 11.8 Å². The molecule has 0 aliphatic carbocycles. The molecule has 4 heterocycles. The first-order chi connectivity index (χ1) is 25.7. The molecule has 6 N–H and O–H groups in total. The molecule has 0 fully saturated rings. The summed E-state index contributed by atoms with van der Waals surface area (Å²) < 4.78 is 66.1. The quantitative estimate of drug-likeness (QED) is 0.119. The number of carbonyl (C=O) groups is 4. The van der Waals surface area contributed by atoms with Gasteiger partial charge in [-0.15, -0.1) is 0 Å². The van der Waals surface area contributed by atoms with Gasteiger partial charge < -0.3 is 40.3 Å². The molecule has 0 bridgehead atoms. The number of amides is 4. The molecule has 2 aliphatic heterocycles. The van der Waals surface area contributed by atoms with Crippen molar-refractivity contribution in [3.05, 3.63) is 104 Å². The van der Waals surface area contributed by atoms with Crippen LogP contribution in [-0.4, -0.2) is 84.1 Å². The fraction of sp³-hybridized carbons (Fsp3) is 0.351. The zero-order valence-electron chi connectivity index (χ0n) is 31.0. The van der Waals surface area contributed by atoms with E-state index in [1.165, 1.54) is 6.08 Å². The number of rotatable bonds is 18. The maximum absolute atomic E-state index is 12.7. The summed E-state index contributed by atoms with van der Waals surface area (Å²) in [6.07, 6.45) is 7.18. The lowest BCUT2D eigenvalue weighted by Crippen LogP contribution is -2.29. The van der Waals surface area contributed by atoms with E-state index in [2.05, 4.69) is 44.4 Å². The predicted molar refractivity (Wildman–Crippen MR) is 204 cm³/mol. The monoisotopic (exact) mass is 796 g/mol. The van der Waals surface area contributed by atoms with E-state index < -0.39 is 43.6 Å². The standard InChI is InChI=1S/C37H46N6O10S2/c1-7-24-23(6)36(46)43-31(24)18-29-22(5)27(10-12-35(45)39-14-16-55(51,52)53)33(41-29)19-32-26(9-11-34(44)38-13-15-54(48,49)50)21(4)28(40-32)17-30-20(3)25(8-2)37(47)42-30/h7-8,17-18,40-41H,1-2,9-16,19H2,3-6H3,(H,38,44)(H,39,45)(H,42,47)(H,43,46)(H,48,49,50)(H,51,52,53)/p-2. The van der Waals surface area contributed by atoms with Crippen LogP contribution in [0.25, 0.3) is 12.2 Å². The highest BCUT2D eigenvalue weighted by Gasteiger charge is 2.26. The second kappa shape index (κ2) is 17.4. The molecule has 0 unspecified atom stereocenters. The molecule has 0 atom stereocenters. The van der Waals surface area contributed by atoms with Gasteiger partial charge in [0.25, 0.3) is 11.8 Å². The molecule has 0 radical (unpaired) electrons.